The molecule has 0 aliphatic rings. The van der Waals surface area contributed by atoms with Gasteiger partial charge in [-0.3, -0.25) is 0 Å². The maximum atomic E-state index is 4.14. The Bertz CT molecular complexity index is 574. The molecule has 0 heterocycles. The SMILES string of the molecule is C=C(/C=C(\C)c1ccccc1C)c1ccccc1. The predicted molar refractivity (Wildman–Crippen MR) is 80.3 cm³/mol. The Kier molecular flexibility index (Phi) is 3.78. The van der Waals surface area contributed by atoms with E-state index in [0.29, 0.717) is 0 Å². The van der Waals surface area contributed by atoms with E-state index < -0.39 is 0 Å². The summed E-state index contributed by atoms with van der Waals surface area (Å²) in [6, 6.07) is 18.7. The van der Waals surface area contributed by atoms with E-state index in [0.717, 1.165) is 5.57 Å². The molecular weight excluding hydrogens is 216 g/mol. The van der Waals surface area contributed by atoms with Gasteiger partial charge in [-0.05, 0) is 41.7 Å². The van der Waals surface area contributed by atoms with Crippen molar-refractivity contribution in [2.45, 2.75) is 13.8 Å². The van der Waals surface area contributed by atoms with Crippen LogP contribution in [0.4, 0.5) is 0 Å². The molecule has 18 heavy (non-hydrogen) atoms. The topological polar surface area (TPSA) is 0 Å². The normalized spacial score (nSPS) is 11.3. The highest BCUT2D eigenvalue weighted by molar-refractivity contribution is 5.82. The van der Waals surface area contributed by atoms with E-state index in [9.17, 15) is 0 Å². The number of rotatable bonds is 3. The number of allylic oxidation sites excluding steroid dienone is 3. The summed E-state index contributed by atoms with van der Waals surface area (Å²) in [5.41, 5.74) is 6.06. The second kappa shape index (κ2) is 5.50. The third-order valence-corrected chi connectivity index (χ3v) is 3.11. The van der Waals surface area contributed by atoms with Crippen molar-refractivity contribution in [3.63, 3.8) is 0 Å². The smallest absolute Gasteiger partial charge is 0.0190 e. The molecular formula is C18H18. The van der Waals surface area contributed by atoms with Crippen molar-refractivity contribution in [3.8, 4) is 0 Å². The Balaban J connectivity index is 2.30. The van der Waals surface area contributed by atoms with Gasteiger partial charge < -0.3 is 0 Å². The second-order valence-electron chi connectivity index (χ2n) is 4.53. The van der Waals surface area contributed by atoms with Crippen LogP contribution in [0.3, 0.4) is 0 Å². The molecule has 0 saturated heterocycles. The Morgan fingerprint density at radius 1 is 0.944 bits per heavy atom. The molecule has 2 aromatic carbocycles. The van der Waals surface area contributed by atoms with Gasteiger partial charge in [-0.2, -0.15) is 0 Å². The first kappa shape index (κ1) is 12.4. The second-order valence-corrected chi connectivity index (χ2v) is 4.53. The van der Waals surface area contributed by atoms with Crippen LogP contribution in [0.1, 0.15) is 23.6 Å². The molecule has 0 unspecified atom stereocenters. The first-order valence-electron chi connectivity index (χ1n) is 6.17. The molecule has 2 rings (SSSR count). The molecule has 90 valence electrons. The minimum absolute atomic E-state index is 1.05. The zero-order valence-corrected chi connectivity index (χ0v) is 11.0. The van der Waals surface area contributed by atoms with Crippen LogP contribution in [-0.4, -0.2) is 0 Å². The van der Waals surface area contributed by atoms with Crippen LogP contribution in [-0.2, 0) is 0 Å². The molecule has 0 saturated carbocycles. The fourth-order valence-corrected chi connectivity index (χ4v) is 2.09. The minimum Gasteiger partial charge on any atom is -0.0911 e. The minimum atomic E-state index is 1.05. The molecule has 0 heteroatoms. The van der Waals surface area contributed by atoms with E-state index in [2.05, 4.69) is 62.9 Å². The van der Waals surface area contributed by atoms with Crippen molar-refractivity contribution in [2.24, 2.45) is 0 Å². The maximum Gasteiger partial charge on any atom is -0.0190 e. The Hall–Kier alpha value is -2.08. The van der Waals surface area contributed by atoms with Crippen LogP contribution < -0.4 is 0 Å². The predicted octanol–water partition coefficient (Wildman–Crippen LogP) is 5.11. The maximum absolute atomic E-state index is 4.14. The Labute approximate surface area is 109 Å². The van der Waals surface area contributed by atoms with Crippen molar-refractivity contribution >= 4 is 11.1 Å². The molecule has 2 aromatic rings. The quantitative estimate of drug-likeness (QED) is 0.647. The van der Waals surface area contributed by atoms with Gasteiger partial charge in [0.05, 0.1) is 0 Å². The third kappa shape index (κ3) is 2.78. The highest BCUT2D eigenvalue weighted by Gasteiger charge is 2.01. The molecule has 0 N–H and O–H groups in total. The van der Waals surface area contributed by atoms with E-state index >= 15 is 0 Å². The summed E-state index contributed by atoms with van der Waals surface area (Å²) < 4.78 is 0. The molecule has 0 bridgehead atoms. The fraction of sp³-hybridized carbons (Fsp3) is 0.111. The van der Waals surface area contributed by atoms with Crippen molar-refractivity contribution in [1.29, 1.82) is 0 Å². The van der Waals surface area contributed by atoms with Crippen LogP contribution in [0.15, 0.2) is 67.3 Å². The van der Waals surface area contributed by atoms with Gasteiger partial charge in [0.25, 0.3) is 0 Å². The molecule has 0 spiro atoms. The highest BCUT2D eigenvalue weighted by atomic mass is 14.1. The largest absolute Gasteiger partial charge is 0.0911 e. The molecule has 0 atom stereocenters. The first-order chi connectivity index (χ1) is 8.68. The van der Waals surface area contributed by atoms with Crippen molar-refractivity contribution in [1.82, 2.24) is 0 Å². The summed E-state index contributed by atoms with van der Waals surface area (Å²) in [4.78, 5) is 0. The van der Waals surface area contributed by atoms with Crippen LogP contribution in [0.25, 0.3) is 11.1 Å². The lowest BCUT2D eigenvalue weighted by Gasteiger charge is -2.07. The lowest BCUT2D eigenvalue weighted by molar-refractivity contribution is 1.41. The van der Waals surface area contributed by atoms with E-state index in [1.165, 1.54) is 22.3 Å². The summed E-state index contributed by atoms with van der Waals surface area (Å²) in [5, 5.41) is 0. The molecule has 0 nitrogen and oxygen atoms in total. The summed E-state index contributed by atoms with van der Waals surface area (Å²) in [6.45, 7) is 8.42. The summed E-state index contributed by atoms with van der Waals surface area (Å²) in [7, 11) is 0. The van der Waals surface area contributed by atoms with Gasteiger partial charge in [-0.15, -0.1) is 0 Å². The van der Waals surface area contributed by atoms with Crippen molar-refractivity contribution in [3.05, 3.63) is 83.9 Å². The van der Waals surface area contributed by atoms with E-state index in [1.54, 1.807) is 0 Å². The lowest BCUT2D eigenvalue weighted by Crippen LogP contribution is -1.86. The summed E-state index contributed by atoms with van der Waals surface area (Å²) in [5.74, 6) is 0. The number of hydrogen-bond acceptors (Lipinski definition) is 0. The average molecular weight is 234 g/mol. The van der Waals surface area contributed by atoms with Gasteiger partial charge in [-0.25, -0.2) is 0 Å². The van der Waals surface area contributed by atoms with Gasteiger partial charge >= 0.3 is 0 Å². The summed E-state index contributed by atoms with van der Waals surface area (Å²) >= 11 is 0. The van der Waals surface area contributed by atoms with Crippen molar-refractivity contribution in [2.75, 3.05) is 0 Å². The van der Waals surface area contributed by atoms with Crippen LogP contribution in [0.2, 0.25) is 0 Å². The monoisotopic (exact) mass is 234 g/mol. The molecule has 0 amide bonds. The number of benzene rings is 2. The van der Waals surface area contributed by atoms with Gasteiger partial charge in [-0.1, -0.05) is 67.3 Å². The van der Waals surface area contributed by atoms with Gasteiger partial charge in [0, 0.05) is 0 Å². The molecule has 0 aromatic heterocycles. The molecule has 0 fully saturated rings. The van der Waals surface area contributed by atoms with E-state index in [-0.39, 0.29) is 0 Å². The molecule has 0 aliphatic heterocycles. The zero-order valence-electron chi connectivity index (χ0n) is 11.0. The van der Waals surface area contributed by atoms with E-state index in [1.807, 2.05) is 18.2 Å². The van der Waals surface area contributed by atoms with Gasteiger partial charge in [0.15, 0.2) is 0 Å². The highest BCUT2D eigenvalue weighted by Crippen LogP contribution is 2.22. The first-order valence-corrected chi connectivity index (χ1v) is 6.17. The number of hydrogen-bond donors (Lipinski definition) is 0. The summed E-state index contributed by atoms with van der Waals surface area (Å²) in [6.07, 6.45) is 2.15. The molecule has 0 aliphatic carbocycles. The van der Waals surface area contributed by atoms with Crippen LogP contribution in [0, 0.1) is 6.92 Å². The van der Waals surface area contributed by atoms with Crippen LogP contribution >= 0.6 is 0 Å². The Morgan fingerprint density at radius 3 is 2.22 bits per heavy atom. The van der Waals surface area contributed by atoms with Gasteiger partial charge in [0.1, 0.15) is 0 Å². The fourth-order valence-electron chi connectivity index (χ4n) is 2.09. The van der Waals surface area contributed by atoms with Gasteiger partial charge in [0.2, 0.25) is 0 Å². The molecule has 0 radical (unpaired) electrons. The third-order valence-electron chi connectivity index (χ3n) is 3.11. The van der Waals surface area contributed by atoms with E-state index in [4.69, 9.17) is 0 Å². The standard InChI is InChI=1S/C18H18/c1-14-9-7-8-12-18(14)16(3)13-15(2)17-10-5-4-6-11-17/h4-13H,2H2,1,3H3/b16-13+. The van der Waals surface area contributed by atoms with Crippen molar-refractivity contribution < 1.29 is 0 Å². The lowest BCUT2D eigenvalue weighted by atomic mass is 9.98. The number of aryl methyl sites for hydroxylation is 1. The average Bonchev–Trinajstić information content (AvgIpc) is 2.40. The Morgan fingerprint density at radius 2 is 1.56 bits per heavy atom. The van der Waals surface area contributed by atoms with Crippen LogP contribution in [0.5, 0.6) is 0 Å². The zero-order chi connectivity index (χ0) is 13.0.